The number of nitro groups is 1. The monoisotopic (exact) mass is 374 g/mol. The average Bonchev–Trinajstić information content (AvgIpc) is 2.94. The lowest BCUT2D eigenvalue weighted by atomic mass is 10.1. The molecule has 9 nitrogen and oxygen atoms in total. The first kappa shape index (κ1) is 19.8. The lowest BCUT2D eigenvalue weighted by Gasteiger charge is -2.12. The maximum absolute atomic E-state index is 12.6. The summed E-state index contributed by atoms with van der Waals surface area (Å²) in [4.78, 5) is 49.8. The van der Waals surface area contributed by atoms with Gasteiger partial charge in [0, 0.05) is 11.8 Å². The van der Waals surface area contributed by atoms with E-state index in [0.717, 1.165) is 0 Å². The summed E-state index contributed by atoms with van der Waals surface area (Å²) in [6.45, 7) is 4.53. The van der Waals surface area contributed by atoms with Crippen LogP contribution < -0.4 is 0 Å². The van der Waals surface area contributed by atoms with Crippen LogP contribution in [0, 0.1) is 24.0 Å². The molecule has 1 unspecified atom stereocenters. The number of nitro benzene ring substituents is 1. The minimum atomic E-state index is -1.22. The highest BCUT2D eigenvalue weighted by molar-refractivity contribution is 6.05. The lowest BCUT2D eigenvalue weighted by molar-refractivity contribution is -0.385. The van der Waals surface area contributed by atoms with E-state index >= 15 is 0 Å². The summed E-state index contributed by atoms with van der Waals surface area (Å²) >= 11 is 0. The normalized spacial score (nSPS) is 11.6. The standard InChI is InChI=1S/C18H18N2O7/c1-9-14(18(23)26-4)10(2)19-15(9)16(21)11(3)27-17(22)12-7-5-6-8-13(12)20(24)25/h5-8,11,19H,1-4H3. The Bertz CT molecular complexity index is 930. The van der Waals surface area contributed by atoms with Crippen molar-refractivity contribution in [3.05, 3.63) is 62.5 Å². The largest absolute Gasteiger partial charge is 0.465 e. The Hall–Kier alpha value is -3.49. The Morgan fingerprint density at radius 1 is 1.15 bits per heavy atom. The van der Waals surface area contributed by atoms with E-state index in [1.165, 1.54) is 38.3 Å². The molecule has 0 amide bonds. The summed E-state index contributed by atoms with van der Waals surface area (Å²) in [5.41, 5.74) is 0.491. The van der Waals surface area contributed by atoms with Crippen LogP contribution in [0.4, 0.5) is 5.69 Å². The van der Waals surface area contributed by atoms with Crippen molar-refractivity contribution in [2.45, 2.75) is 26.9 Å². The van der Waals surface area contributed by atoms with E-state index in [9.17, 15) is 24.5 Å². The molecule has 142 valence electrons. The van der Waals surface area contributed by atoms with Gasteiger partial charge >= 0.3 is 11.9 Å². The molecule has 0 aliphatic rings. The number of nitrogens with one attached hydrogen (secondary N) is 1. The Morgan fingerprint density at radius 2 is 1.78 bits per heavy atom. The van der Waals surface area contributed by atoms with Gasteiger partial charge in [-0.2, -0.15) is 0 Å². The lowest BCUT2D eigenvalue weighted by Crippen LogP contribution is -2.25. The van der Waals surface area contributed by atoms with E-state index in [1.807, 2.05) is 0 Å². The maximum Gasteiger partial charge on any atom is 0.345 e. The number of aryl methyl sites for hydroxylation is 1. The van der Waals surface area contributed by atoms with Crippen molar-refractivity contribution >= 4 is 23.4 Å². The number of carbonyl (C=O) groups is 3. The first-order chi connectivity index (χ1) is 12.7. The number of rotatable bonds is 6. The molecule has 0 spiro atoms. The van der Waals surface area contributed by atoms with Crippen molar-refractivity contribution < 1.29 is 28.8 Å². The number of ketones is 1. The van der Waals surface area contributed by atoms with Gasteiger partial charge in [-0.15, -0.1) is 0 Å². The van der Waals surface area contributed by atoms with Crippen LogP contribution in [0.15, 0.2) is 24.3 Å². The Balaban J connectivity index is 2.26. The van der Waals surface area contributed by atoms with E-state index in [4.69, 9.17) is 9.47 Å². The van der Waals surface area contributed by atoms with Crippen molar-refractivity contribution in [3.63, 3.8) is 0 Å². The Kier molecular flexibility index (Phi) is 5.74. The molecule has 0 aliphatic heterocycles. The fourth-order valence-electron chi connectivity index (χ4n) is 2.69. The molecule has 0 bridgehead atoms. The molecular formula is C18H18N2O7. The van der Waals surface area contributed by atoms with Gasteiger partial charge in [-0.1, -0.05) is 12.1 Å². The number of para-hydroxylation sites is 1. The van der Waals surface area contributed by atoms with E-state index in [2.05, 4.69) is 4.98 Å². The summed E-state index contributed by atoms with van der Waals surface area (Å²) in [7, 11) is 1.23. The molecule has 9 heteroatoms. The van der Waals surface area contributed by atoms with E-state index < -0.39 is 34.4 Å². The zero-order valence-electron chi connectivity index (χ0n) is 15.2. The molecule has 1 N–H and O–H groups in total. The molecule has 1 heterocycles. The zero-order valence-corrected chi connectivity index (χ0v) is 15.2. The third kappa shape index (κ3) is 3.86. The molecule has 0 saturated heterocycles. The molecule has 0 fully saturated rings. The van der Waals surface area contributed by atoms with Gasteiger partial charge in [-0.05, 0) is 32.4 Å². The fraction of sp³-hybridized carbons (Fsp3) is 0.278. The predicted molar refractivity (Wildman–Crippen MR) is 93.9 cm³/mol. The van der Waals surface area contributed by atoms with Crippen LogP contribution in [-0.4, -0.2) is 40.8 Å². The number of H-pyrrole nitrogens is 1. The number of carbonyl (C=O) groups excluding carboxylic acids is 3. The molecule has 2 aromatic rings. The van der Waals surface area contributed by atoms with Gasteiger partial charge < -0.3 is 14.5 Å². The van der Waals surface area contributed by atoms with Crippen LogP contribution in [0.2, 0.25) is 0 Å². The highest BCUT2D eigenvalue weighted by Crippen LogP contribution is 2.22. The summed E-state index contributed by atoms with van der Waals surface area (Å²) in [6.07, 6.45) is -1.22. The second-order valence-electron chi connectivity index (χ2n) is 5.80. The van der Waals surface area contributed by atoms with Crippen molar-refractivity contribution in [1.82, 2.24) is 4.98 Å². The van der Waals surface area contributed by atoms with Crippen LogP contribution in [0.1, 0.15) is 49.4 Å². The summed E-state index contributed by atoms with van der Waals surface area (Å²) in [5.74, 6) is -2.15. The molecule has 1 aromatic heterocycles. The number of esters is 2. The van der Waals surface area contributed by atoms with Crippen LogP contribution in [0.3, 0.4) is 0 Å². The van der Waals surface area contributed by atoms with Gasteiger partial charge in [0.25, 0.3) is 5.69 Å². The number of hydrogen-bond donors (Lipinski definition) is 1. The summed E-state index contributed by atoms with van der Waals surface area (Å²) in [5, 5.41) is 11.0. The third-order valence-electron chi connectivity index (χ3n) is 4.05. The van der Waals surface area contributed by atoms with Gasteiger partial charge in [0.1, 0.15) is 5.56 Å². The van der Waals surface area contributed by atoms with Crippen LogP contribution in [0.25, 0.3) is 0 Å². The Labute approximate surface area is 154 Å². The number of aromatic nitrogens is 1. The van der Waals surface area contributed by atoms with Gasteiger partial charge in [-0.25, -0.2) is 9.59 Å². The number of hydrogen-bond acceptors (Lipinski definition) is 7. The molecule has 0 aliphatic carbocycles. The molecule has 0 saturated carbocycles. The van der Waals surface area contributed by atoms with E-state index in [0.29, 0.717) is 11.3 Å². The number of nitrogens with zero attached hydrogens (tertiary/aromatic N) is 1. The Morgan fingerprint density at radius 3 is 2.37 bits per heavy atom. The molecule has 1 atom stereocenters. The number of Topliss-reactive ketones (excluding diaryl/α,β-unsaturated/α-hetero) is 1. The van der Waals surface area contributed by atoms with Gasteiger partial charge in [-0.3, -0.25) is 14.9 Å². The first-order valence-electron chi connectivity index (χ1n) is 7.95. The second-order valence-corrected chi connectivity index (χ2v) is 5.80. The fourth-order valence-corrected chi connectivity index (χ4v) is 2.69. The number of aromatic amines is 1. The maximum atomic E-state index is 12.6. The molecule has 27 heavy (non-hydrogen) atoms. The number of methoxy groups -OCH3 is 1. The predicted octanol–water partition coefficient (Wildman–Crippen LogP) is 2.75. The SMILES string of the molecule is COC(=O)c1c(C)[nH]c(C(=O)C(C)OC(=O)c2ccccc2[N+](=O)[O-])c1C. The van der Waals surface area contributed by atoms with Crippen LogP contribution in [0.5, 0.6) is 0 Å². The first-order valence-corrected chi connectivity index (χ1v) is 7.95. The molecular weight excluding hydrogens is 356 g/mol. The van der Waals surface area contributed by atoms with Crippen LogP contribution in [-0.2, 0) is 9.47 Å². The number of ether oxygens (including phenoxy) is 2. The topological polar surface area (TPSA) is 129 Å². The number of benzene rings is 1. The minimum absolute atomic E-state index is 0.107. The zero-order chi connectivity index (χ0) is 20.3. The minimum Gasteiger partial charge on any atom is -0.465 e. The van der Waals surface area contributed by atoms with E-state index in [-0.39, 0.29) is 16.8 Å². The summed E-state index contributed by atoms with van der Waals surface area (Å²) < 4.78 is 9.80. The van der Waals surface area contributed by atoms with Gasteiger partial charge in [0.05, 0.1) is 23.3 Å². The highest BCUT2D eigenvalue weighted by Gasteiger charge is 2.29. The van der Waals surface area contributed by atoms with Gasteiger partial charge in [0.15, 0.2) is 6.10 Å². The van der Waals surface area contributed by atoms with Gasteiger partial charge in [0.2, 0.25) is 5.78 Å². The second kappa shape index (κ2) is 7.81. The van der Waals surface area contributed by atoms with Crippen molar-refractivity contribution in [2.24, 2.45) is 0 Å². The smallest absolute Gasteiger partial charge is 0.345 e. The quantitative estimate of drug-likeness (QED) is 0.356. The third-order valence-corrected chi connectivity index (χ3v) is 4.05. The molecule has 2 rings (SSSR count). The summed E-state index contributed by atoms with van der Waals surface area (Å²) in [6, 6.07) is 5.29. The van der Waals surface area contributed by atoms with Crippen molar-refractivity contribution in [3.8, 4) is 0 Å². The van der Waals surface area contributed by atoms with Crippen LogP contribution >= 0.6 is 0 Å². The molecule has 1 aromatic carbocycles. The average molecular weight is 374 g/mol. The highest BCUT2D eigenvalue weighted by atomic mass is 16.6. The molecule has 0 radical (unpaired) electrons. The van der Waals surface area contributed by atoms with E-state index in [1.54, 1.807) is 13.8 Å². The van der Waals surface area contributed by atoms with Crippen molar-refractivity contribution in [1.29, 1.82) is 0 Å². The van der Waals surface area contributed by atoms with Crippen molar-refractivity contribution in [2.75, 3.05) is 7.11 Å².